The first kappa shape index (κ1) is 32.5. The normalized spacial score (nSPS) is 14.0. The molecular formula is C51H33N3OS. The van der Waals surface area contributed by atoms with Gasteiger partial charge in [0.05, 0.1) is 0 Å². The number of hydrogen-bond donors (Lipinski definition) is 0. The SMILES string of the molecule is C1=CCC(c2nc(-c3ccccc3)nc(-c3cccc(-c4ccc(-c5cccc6c5sc5c(-c7ccccc7)cccc56)c5oc6ccccc6c45)c3)n2)C=C1. The molecule has 3 heterocycles. The van der Waals surface area contributed by atoms with Crippen LogP contribution in [-0.4, -0.2) is 15.0 Å². The van der Waals surface area contributed by atoms with E-state index >= 15 is 0 Å². The molecule has 1 unspecified atom stereocenters. The molecule has 0 saturated heterocycles. The minimum absolute atomic E-state index is 0.0900. The van der Waals surface area contributed by atoms with Crippen molar-refractivity contribution in [1.82, 2.24) is 15.0 Å². The summed E-state index contributed by atoms with van der Waals surface area (Å²) in [6.07, 6.45) is 9.36. The largest absolute Gasteiger partial charge is 0.455 e. The first-order valence-electron chi connectivity index (χ1n) is 19.0. The number of thiophene rings is 1. The molecule has 0 saturated carbocycles. The fraction of sp³-hybridized carbons (Fsp3) is 0.0392. The first-order valence-corrected chi connectivity index (χ1v) is 19.8. The van der Waals surface area contributed by atoms with Crippen LogP contribution in [0.3, 0.4) is 0 Å². The molecular weight excluding hydrogens is 703 g/mol. The lowest BCUT2D eigenvalue weighted by Gasteiger charge is -2.15. The molecule has 3 aromatic heterocycles. The van der Waals surface area contributed by atoms with Crippen LogP contribution in [0.25, 0.3) is 98.3 Å². The number of para-hydroxylation sites is 1. The maximum atomic E-state index is 6.84. The predicted molar refractivity (Wildman–Crippen MR) is 233 cm³/mol. The van der Waals surface area contributed by atoms with Crippen LogP contribution >= 0.6 is 11.3 Å². The summed E-state index contributed by atoms with van der Waals surface area (Å²) >= 11 is 1.86. The van der Waals surface area contributed by atoms with E-state index in [2.05, 4.69) is 158 Å². The van der Waals surface area contributed by atoms with Gasteiger partial charge in [0.15, 0.2) is 11.6 Å². The second-order valence-electron chi connectivity index (χ2n) is 14.2. The van der Waals surface area contributed by atoms with Crippen LogP contribution < -0.4 is 0 Å². The Morgan fingerprint density at radius 1 is 0.482 bits per heavy atom. The molecule has 1 aliphatic rings. The zero-order valence-electron chi connectivity index (χ0n) is 30.3. The third-order valence-corrected chi connectivity index (χ3v) is 12.1. The van der Waals surface area contributed by atoms with Gasteiger partial charge in [0.2, 0.25) is 0 Å². The van der Waals surface area contributed by atoms with Crippen molar-refractivity contribution < 1.29 is 4.42 Å². The van der Waals surface area contributed by atoms with Gasteiger partial charge in [-0.15, -0.1) is 11.3 Å². The Morgan fingerprint density at radius 3 is 1.89 bits per heavy atom. The molecule has 56 heavy (non-hydrogen) atoms. The molecule has 0 spiro atoms. The summed E-state index contributed by atoms with van der Waals surface area (Å²) in [5, 5.41) is 4.72. The molecule has 0 amide bonds. The molecule has 10 aromatic rings. The summed E-state index contributed by atoms with van der Waals surface area (Å²) in [5.74, 6) is 2.21. The Bertz CT molecular complexity index is 3180. The fourth-order valence-corrected chi connectivity index (χ4v) is 9.52. The zero-order chi connectivity index (χ0) is 37.0. The van der Waals surface area contributed by atoms with E-state index < -0.39 is 0 Å². The third kappa shape index (κ3) is 5.47. The molecule has 264 valence electrons. The number of hydrogen-bond acceptors (Lipinski definition) is 5. The molecule has 0 aliphatic heterocycles. The van der Waals surface area contributed by atoms with Crippen LogP contribution in [0.4, 0.5) is 0 Å². The third-order valence-electron chi connectivity index (χ3n) is 10.9. The highest BCUT2D eigenvalue weighted by Crippen LogP contribution is 2.47. The topological polar surface area (TPSA) is 51.8 Å². The van der Waals surface area contributed by atoms with Crippen LogP contribution in [0.1, 0.15) is 18.2 Å². The van der Waals surface area contributed by atoms with Gasteiger partial charge < -0.3 is 4.42 Å². The van der Waals surface area contributed by atoms with Gasteiger partial charge >= 0.3 is 0 Å². The van der Waals surface area contributed by atoms with Crippen molar-refractivity contribution in [3.63, 3.8) is 0 Å². The predicted octanol–water partition coefficient (Wildman–Crippen LogP) is 14.1. The van der Waals surface area contributed by atoms with Crippen molar-refractivity contribution in [3.05, 3.63) is 188 Å². The highest BCUT2D eigenvalue weighted by Gasteiger charge is 2.22. The van der Waals surface area contributed by atoms with E-state index in [0.29, 0.717) is 11.6 Å². The number of nitrogens with zero attached hydrogens (tertiary/aromatic N) is 3. The van der Waals surface area contributed by atoms with Crippen LogP contribution in [0.5, 0.6) is 0 Å². The lowest BCUT2D eigenvalue weighted by molar-refractivity contribution is 0.670. The minimum atomic E-state index is 0.0900. The molecule has 0 radical (unpaired) electrons. The fourth-order valence-electron chi connectivity index (χ4n) is 8.16. The number of aromatic nitrogens is 3. The smallest absolute Gasteiger partial charge is 0.163 e. The second kappa shape index (κ2) is 13.4. The van der Waals surface area contributed by atoms with E-state index in [-0.39, 0.29) is 5.92 Å². The van der Waals surface area contributed by atoms with Gasteiger partial charge in [-0.25, -0.2) is 15.0 Å². The standard InChI is InChI=1S/C51H33N3OS/c1-4-15-32(16-5-1)38-24-13-26-41-42-27-14-25-40(48(42)56-47(38)41)39-30-29-37(45-43-23-10-11-28-44(43)55-46(39)45)35-21-12-22-36(31-35)51-53-49(33-17-6-2-7-18-33)52-50(54-51)34-19-8-3-9-20-34/h1-19,21-31,34H,20H2. The quantitative estimate of drug-likeness (QED) is 0.171. The lowest BCUT2D eigenvalue weighted by atomic mass is 9.93. The highest BCUT2D eigenvalue weighted by atomic mass is 32.1. The molecule has 4 nitrogen and oxygen atoms in total. The summed E-state index contributed by atoms with van der Waals surface area (Å²) < 4.78 is 9.39. The molecule has 1 atom stereocenters. The van der Waals surface area contributed by atoms with E-state index in [1.54, 1.807) is 0 Å². The molecule has 5 heteroatoms. The van der Waals surface area contributed by atoms with Crippen molar-refractivity contribution in [2.45, 2.75) is 12.3 Å². The maximum absolute atomic E-state index is 6.84. The zero-order valence-corrected chi connectivity index (χ0v) is 31.1. The number of furan rings is 1. The van der Waals surface area contributed by atoms with Gasteiger partial charge in [-0.2, -0.15) is 0 Å². The van der Waals surface area contributed by atoms with Crippen LogP contribution in [0.15, 0.2) is 186 Å². The van der Waals surface area contributed by atoms with Gasteiger partial charge in [0, 0.05) is 59.1 Å². The van der Waals surface area contributed by atoms with Crippen LogP contribution in [0.2, 0.25) is 0 Å². The van der Waals surface area contributed by atoms with Crippen molar-refractivity contribution in [3.8, 4) is 56.2 Å². The Hall–Kier alpha value is -6.95. The van der Waals surface area contributed by atoms with E-state index in [1.165, 1.54) is 36.9 Å². The first-order chi connectivity index (χ1) is 27.8. The lowest BCUT2D eigenvalue weighted by Crippen LogP contribution is -2.07. The summed E-state index contributed by atoms with van der Waals surface area (Å²) in [6, 6.07) is 55.6. The molecule has 1 aliphatic carbocycles. The number of fused-ring (bicyclic) bond motifs is 6. The van der Waals surface area contributed by atoms with Gasteiger partial charge in [-0.3, -0.25) is 0 Å². The van der Waals surface area contributed by atoms with Gasteiger partial charge in [-0.1, -0.05) is 164 Å². The molecule has 11 rings (SSSR count). The summed E-state index contributed by atoms with van der Waals surface area (Å²) in [6.45, 7) is 0. The van der Waals surface area contributed by atoms with Crippen LogP contribution in [0, 0.1) is 0 Å². The van der Waals surface area contributed by atoms with Gasteiger partial charge in [0.25, 0.3) is 0 Å². The van der Waals surface area contributed by atoms with Crippen molar-refractivity contribution in [2.24, 2.45) is 0 Å². The molecule has 0 N–H and O–H groups in total. The van der Waals surface area contributed by atoms with Crippen molar-refractivity contribution in [2.75, 3.05) is 0 Å². The maximum Gasteiger partial charge on any atom is 0.163 e. The summed E-state index contributed by atoms with van der Waals surface area (Å²) in [5.41, 5.74) is 10.6. The Kier molecular flexibility index (Phi) is 7.78. The van der Waals surface area contributed by atoms with E-state index in [0.717, 1.165) is 62.0 Å². The monoisotopic (exact) mass is 735 g/mol. The Labute approximate surface area is 327 Å². The Morgan fingerprint density at radius 2 is 1.11 bits per heavy atom. The minimum Gasteiger partial charge on any atom is -0.455 e. The van der Waals surface area contributed by atoms with E-state index in [9.17, 15) is 0 Å². The van der Waals surface area contributed by atoms with E-state index in [4.69, 9.17) is 19.4 Å². The molecule has 7 aromatic carbocycles. The van der Waals surface area contributed by atoms with Crippen molar-refractivity contribution in [1.29, 1.82) is 0 Å². The van der Waals surface area contributed by atoms with Crippen molar-refractivity contribution >= 4 is 53.4 Å². The second-order valence-corrected chi connectivity index (χ2v) is 15.3. The van der Waals surface area contributed by atoms with Crippen LogP contribution in [-0.2, 0) is 0 Å². The Balaban J connectivity index is 1.09. The molecule has 0 bridgehead atoms. The number of benzene rings is 7. The molecule has 0 fully saturated rings. The number of allylic oxidation sites excluding steroid dienone is 4. The average molecular weight is 736 g/mol. The van der Waals surface area contributed by atoms with E-state index in [1.807, 2.05) is 35.6 Å². The summed E-state index contributed by atoms with van der Waals surface area (Å²) in [7, 11) is 0. The highest BCUT2D eigenvalue weighted by molar-refractivity contribution is 7.26. The van der Waals surface area contributed by atoms with Gasteiger partial charge in [-0.05, 0) is 46.9 Å². The number of rotatable bonds is 6. The average Bonchev–Trinajstić information content (AvgIpc) is 3.86. The summed E-state index contributed by atoms with van der Waals surface area (Å²) in [4.78, 5) is 15.1. The van der Waals surface area contributed by atoms with Gasteiger partial charge in [0.1, 0.15) is 17.0 Å².